The van der Waals surface area contributed by atoms with Gasteiger partial charge in [-0.3, -0.25) is 4.79 Å². The van der Waals surface area contributed by atoms with Crippen molar-refractivity contribution in [3.8, 4) is 0 Å². The second-order valence-electron chi connectivity index (χ2n) is 6.13. The fourth-order valence-corrected chi connectivity index (χ4v) is 3.03. The molecule has 1 aromatic heterocycles. The number of imidazole rings is 1. The first-order valence-corrected chi connectivity index (χ1v) is 7.79. The van der Waals surface area contributed by atoms with Crippen LogP contribution in [0.3, 0.4) is 0 Å². The number of aryl methyl sites for hydroxylation is 2. The van der Waals surface area contributed by atoms with Crippen LogP contribution < -0.4 is 5.32 Å². The van der Waals surface area contributed by atoms with Crippen molar-refractivity contribution >= 4 is 5.91 Å². The Kier molecular flexibility index (Phi) is 4.34. The van der Waals surface area contributed by atoms with Crippen molar-refractivity contribution in [2.75, 3.05) is 0 Å². The summed E-state index contributed by atoms with van der Waals surface area (Å²) in [7, 11) is 0. The molecule has 0 saturated heterocycles. The number of rotatable bonds is 3. The quantitative estimate of drug-likeness (QED) is 0.936. The van der Waals surface area contributed by atoms with Crippen molar-refractivity contribution < 1.29 is 18.0 Å². The minimum atomic E-state index is -4.40. The molecule has 4 nitrogen and oxygen atoms in total. The Hall–Kier alpha value is -2.31. The van der Waals surface area contributed by atoms with Crippen LogP contribution in [0.2, 0.25) is 0 Å². The van der Waals surface area contributed by atoms with Crippen molar-refractivity contribution in [3.05, 3.63) is 53.1 Å². The average Bonchev–Trinajstić information content (AvgIpc) is 2.86. The molecule has 7 heteroatoms. The van der Waals surface area contributed by atoms with Gasteiger partial charge in [-0.2, -0.15) is 13.2 Å². The summed E-state index contributed by atoms with van der Waals surface area (Å²) in [6.45, 7) is 2.57. The summed E-state index contributed by atoms with van der Waals surface area (Å²) in [6, 6.07) is 4.87. The second-order valence-corrected chi connectivity index (χ2v) is 6.13. The second kappa shape index (κ2) is 6.30. The number of carbonyl (C=O) groups excluding carboxylic acids is 1. The van der Waals surface area contributed by atoms with Gasteiger partial charge in [-0.05, 0) is 25.0 Å². The molecule has 1 aliphatic heterocycles. The van der Waals surface area contributed by atoms with Gasteiger partial charge in [-0.1, -0.05) is 18.2 Å². The molecule has 1 aromatic carbocycles. The van der Waals surface area contributed by atoms with Crippen LogP contribution in [0.1, 0.15) is 29.1 Å². The number of nitrogens with one attached hydrogen (secondary N) is 1. The predicted octanol–water partition coefficient (Wildman–Crippen LogP) is 2.88. The molecule has 1 unspecified atom stereocenters. The summed E-state index contributed by atoms with van der Waals surface area (Å²) in [5, 5.41) is 2.91. The Labute approximate surface area is 137 Å². The van der Waals surface area contributed by atoms with Crippen molar-refractivity contribution in [3.63, 3.8) is 0 Å². The van der Waals surface area contributed by atoms with E-state index in [9.17, 15) is 18.0 Å². The molecule has 3 rings (SSSR count). The number of fused-ring (bicyclic) bond motifs is 1. The van der Waals surface area contributed by atoms with Gasteiger partial charge in [0.2, 0.25) is 5.91 Å². The minimum absolute atomic E-state index is 0.0237. The Morgan fingerprint density at radius 2 is 2.21 bits per heavy atom. The van der Waals surface area contributed by atoms with E-state index in [0.717, 1.165) is 36.5 Å². The highest BCUT2D eigenvalue weighted by atomic mass is 19.4. The number of amides is 1. The Balaban J connectivity index is 1.60. The highest BCUT2D eigenvalue weighted by molar-refractivity contribution is 5.78. The third kappa shape index (κ3) is 3.77. The molecule has 0 fully saturated rings. The summed E-state index contributed by atoms with van der Waals surface area (Å²) in [4.78, 5) is 16.6. The van der Waals surface area contributed by atoms with Crippen LogP contribution in [-0.4, -0.2) is 21.5 Å². The van der Waals surface area contributed by atoms with Crippen LogP contribution in [0.4, 0.5) is 13.2 Å². The lowest BCUT2D eigenvalue weighted by atomic mass is 10.1. The van der Waals surface area contributed by atoms with E-state index in [0.29, 0.717) is 12.1 Å². The van der Waals surface area contributed by atoms with Gasteiger partial charge in [-0.25, -0.2) is 4.98 Å². The number of halogens is 3. The molecule has 128 valence electrons. The molecular weight excluding hydrogens is 319 g/mol. The smallest absolute Gasteiger partial charge is 0.351 e. The summed E-state index contributed by atoms with van der Waals surface area (Å²) in [5.74, 6) is 0.746. The zero-order chi connectivity index (χ0) is 17.3. The van der Waals surface area contributed by atoms with E-state index >= 15 is 0 Å². The molecule has 1 amide bonds. The molecule has 1 aliphatic rings. The van der Waals surface area contributed by atoms with E-state index in [-0.39, 0.29) is 18.4 Å². The molecule has 2 heterocycles. The van der Waals surface area contributed by atoms with Crippen LogP contribution in [0.5, 0.6) is 0 Å². The van der Waals surface area contributed by atoms with Crippen LogP contribution in [0, 0.1) is 6.92 Å². The molecule has 0 aliphatic carbocycles. The number of carbonyl (C=O) groups is 1. The van der Waals surface area contributed by atoms with Gasteiger partial charge in [0.05, 0.1) is 17.7 Å². The number of nitrogens with zero attached hydrogens (tertiary/aromatic N) is 2. The van der Waals surface area contributed by atoms with Crippen LogP contribution in [-0.2, 0) is 30.4 Å². The summed E-state index contributed by atoms with van der Waals surface area (Å²) in [5.41, 5.74) is 0.572. The molecule has 0 spiro atoms. The Morgan fingerprint density at radius 1 is 1.42 bits per heavy atom. The first kappa shape index (κ1) is 16.5. The van der Waals surface area contributed by atoms with Gasteiger partial charge in [0.1, 0.15) is 5.82 Å². The number of hydrogen-bond donors (Lipinski definition) is 1. The molecule has 2 aromatic rings. The fraction of sp³-hybridized carbons (Fsp3) is 0.412. The zero-order valence-electron chi connectivity index (χ0n) is 13.2. The molecule has 0 radical (unpaired) electrons. The van der Waals surface area contributed by atoms with E-state index in [4.69, 9.17) is 0 Å². The summed E-state index contributed by atoms with van der Waals surface area (Å²) >= 11 is 0. The average molecular weight is 337 g/mol. The lowest BCUT2D eigenvalue weighted by Crippen LogP contribution is -2.41. The predicted molar refractivity (Wildman–Crippen MR) is 82.4 cm³/mol. The lowest BCUT2D eigenvalue weighted by Gasteiger charge is -2.24. The first-order valence-electron chi connectivity index (χ1n) is 7.79. The van der Waals surface area contributed by atoms with Crippen molar-refractivity contribution in [1.82, 2.24) is 14.9 Å². The fourth-order valence-electron chi connectivity index (χ4n) is 3.03. The molecule has 1 atom stereocenters. The van der Waals surface area contributed by atoms with E-state index in [1.165, 1.54) is 12.1 Å². The van der Waals surface area contributed by atoms with Gasteiger partial charge in [0.15, 0.2) is 0 Å². The maximum atomic E-state index is 12.7. The SMILES string of the molecule is Cc1cn2c(n1)CCC(NC(=O)Cc1cccc(C(F)(F)F)c1)C2. The van der Waals surface area contributed by atoms with Crippen LogP contribution in [0.15, 0.2) is 30.5 Å². The van der Waals surface area contributed by atoms with Crippen molar-refractivity contribution in [1.29, 1.82) is 0 Å². The Morgan fingerprint density at radius 3 is 2.96 bits per heavy atom. The Bertz CT molecular complexity index is 752. The zero-order valence-corrected chi connectivity index (χ0v) is 13.2. The topological polar surface area (TPSA) is 46.9 Å². The summed E-state index contributed by atoms with van der Waals surface area (Å²) in [6.07, 6.45) is -0.949. The van der Waals surface area contributed by atoms with Crippen molar-refractivity contribution in [2.24, 2.45) is 0 Å². The monoisotopic (exact) mass is 337 g/mol. The maximum absolute atomic E-state index is 12.7. The third-order valence-corrected chi connectivity index (χ3v) is 4.10. The maximum Gasteiger partial charge on any atom is 0.416 e. The lowest BCUT2D eigenvalue weighted by molar-refractivity contribution is -0.137. The van der Waals surface area contributed by atoms with Gasteiger partial charge < -0.3 is 9.88 Å². The summed E-state index contributed by atoms with van der Waals surface area (Å²) < 4.78 is 40.2. The van der Waals surface area contributed by atoms with Crippen LogP contribution in [0.25, 0.3) is 0 Å². The molecule has 1 N–H and O–H groups in total. The third-order valence-electron chi connectivity index (χ3n) is 4.10. The van der Waals surface area contributed by atoms with E-state index in [2.05, 4.69) is 10.3 Å². The van der Waals surface area contributed by atoms with Gasteiger partial charge >= 0.3 is 6.18 Å². The molecule has 0 saturated carbocycles. The number of benzene rings is 1. The normalized spacial score (nSPS) is 17.4. The largest absolute Gasteiger partial charge is 0.416 e. The van der Waals surface area contributed by atoms with E-state index in [1.807, 2.05) is 17.7 Å². The highest BCUT2D eigenvalue weighted by Crippen LogP contribution is 2.29. The first-order chi connectivity index (χ1) is 11.3. The van der Waals surface area contributed by atoms with Gasteiger partial charge in [-0.15, -0.1) is 0 Å². The standard InChI is InChI=1S/C17H18F3N3O/c1-11-9-23-10-14(5-6-15(23)21-11)22-16(24)8-12-3-2-4-13(7-12)17(18,19)20/h2-4,7,9,14H,5-6,8,10H2,1H3,(H,22,24). The van der Waals surface area contributed by atoms with Gasteiger partial charge in [0, 0.05) is 25.2 Å². The van der Waals surface area contributed by atoms with E-state index in [1.54, 1.807) is 0 Å². The number of hydrogen-bond acceptors (Lipinski definition) is 2. The van der Waals surface area contributed by atoms with Gasteiger partial charge in [0.25, 0.3) is 0 Å². The van der Waals surface area contributed by atoms with Crippen molar-refractivity contribution in [2.45, 2.75) is 44.9 Å². The number of aromatic nitrogens is 2. The molecule has 24 heavy (non-hydrogen) atoms. The van der Waals surface area contributed by atoms with Crippen LogP contribution >= 0.6 is 0 Å². The van der Waals surface area contributed by atoms with E-state index < -0.39 is 11.7 Å². The molecule has 0 bridgehead atoms. The minimum Gasteiger partial charge on any atom is -0.351 e. The number of alkyl halides is 3. The highest BCUT2D eigenvalue weighted by Gasteiger charge is 2.30. The molecular formula is C17H18F3N3O.